The predicted octanol–water partition coefficient (Wildman–Crippen LogP) is 29.7. The molecule has 0 amide bonds. The number of aliphatic imine (C=N–C) groups is 2. The third-order valence-corrected chi connectivity index (χ3v) is 26.3. The maximum absolute atomic E-state index is 4.64. The Morgan fingerprint density at radius 1 is 0.429 bits per heavy atom. The van der Waals surface area contributed by atoms with Crippen LogP contribution >= 0.6 is 0 Å². The summed E-state index contributed by atoms with van der Waals surface area (Å²) in [5.41, 5.74) is 31.1. The molecule has 4 N–H and O–H groups in total. The fourth-order valence-electron chi connectivity index (χ4n) is 17.8. The van der Waals surface area contributed by atoms with Gasteiger partial charge in [0.2, 0.25) is 0 Å². The summed E-state index contributed by atoms with van der Waals surface area (Å²) in [4.78, 5) is 34.1. The smallest absolute Gasteiger partial charge is 0.0963 e. The molecule has 0 saturated heterocycles. The average molecular weight is 1790 g/mol. The molecule has 8 aromatic carbocycles. The molecule has 6 aliphatic rings. The van der Waals surface area contributed by atoms with Gasteiger partial charge in [0, 0.05) is 165 Å². The lowest BCUT2D eigenvalue weighted by Gasteiger charge is -2.38. The van der Waals surface area contributed by atoms with Gasteiger partial charge in [0.1, 0.15) is 0 Å². The molecule has 0 fully saturated rings. The molecule has 20 rings (SSSR count). The summed E-state index contributed by atoms with van der Waals surface area (Å²) >= 11 is 0. The first-order valence-corrected chi connectivity index (χ1v) is 49.0. The quantitative estimate of drug-likeness (QED) is 0.128. The lowest BCUT2D eigenvalue weighted by atomic mass is 9.71. The number of aryl methyl sites for hydroxylation is 1. The minimum atomic E-state index is 0.107. The highest BCUT2D eigenvalue weighted by Gasteiger charge is 2.33. The summed E-state index contributed by atoms with van der Waals surface area (Å²) in [5, 5.41) is 14.9. The highest BCUT2D eigenvalue weighted by atomic mass is 15.2. The van der Waals surface area contributed by atoms with E-state index in [-0.39, 0.29) is 38.2 Å². The Bertz CT molecular complexity index is 5720. The third kappa shape index (κ3) is 28.7. The van der Waals surface area contributed by atoms with Crippen LogP contribution in [0.2, 0.25) is 0 Å². The van der Waals surface area contributed by atoms with Crippen LogP contribution in [0.15, 0.2) is 259 Å². The largest absolute Gasteiger partial charge is 0.361 e. The number of hydrogen-bond acceptors (Lipinski definition) is 9. The molecule has 0 saturated carbocycles. The second kappa shape index (κ2) is 43.8. The number of imidazole rings is 1. The van der Waals surface area contributed by atoms with Gasteiger partial charge in [-0.1, -0.05) is 315 Å². The van der Waals surface area contributed by atoms with E-state index in [4.69, 9.17) is 0 Å². The van der Waals surface area contributed by atoms with Crippen molar-refractivity contribution in [1.29, 1.82) is 0 Å². The van der Waals surface area contributed by atoms with E-state index in [0.29, 0.717) is 22.9 Å². The van der Waals surface area contributed by atoms with Crippen molar-refractivity contribution < 1.29 is 0 Å². The van der Waals surface area contributed by atoms with Crippen molar-refractivity contribution in [1.82, 2.24) is 54.8 Å². The van der Waals surface area contributed by atoms with Gasteiger partial charge >= 0.3 is 0 Å². The zero-order valence-electron chi connectivity index (χ0n) is 86.6. The zero-order chi connectivity index (χ0) is 96.7. The molecule has 0 bridgehead atoms. The molecule has 133 heavy (non-hydrogen) atoms. The van der Waals surface area contributed by atoms with E-state index in [1.165, 1.54) is 137 Å². The standard InChI is InChI=1S/C14H20.C13H19N.C12H18N2.4C12H15N.2C11H14N2.C11H16N2/c1-14(2,3)13-9-8-11-6-4-5-7-12(11)10-13;1-13(2,3)12-8-10-6-4-5-7-11(10)9-14-12;1-12(2,3)14-8-6-10-5-4-7-13-11(10)9-14;1-12(2,3)10-8-13-11-7-5-4-6-9(10)11;1-12(2,3)11-10-7-5-4-6-9(10)8-13-11;2*1-12(2,3)11-8-9-6-4-5-7-10(9)13-11;1-11(2,3)13-8-12-9-6-4-5-7-10(9)13;1-11(2,3)10-8-6-4-5-7-9(8)12-13-10;1-9(2)13-7-5-11-10(8-13)4-3-6-12-11/h4-7,13H,8-10H2,1-3H3;4-7,12,14H,8-9H2,1-3H3;4-5,7H,6,8-9H2,1-3H3;4-8,13H,1-3H3;2*4-7H,8H2,1-3H3;4-8,13H,1-3H3;4-8H,1-3H3;4-7H,1-3H3,(H,12,13);3-4,6,9H,5,7-8H2,1-2H3. The van der Waals surface area contributed by atoms with Gasteiger partial charge in [-0.25, -0.2) is 4.98 Å². The molecule has 11 heterocycles. The highest BCUT2D eigenvalue weighted by Crippen LogP contribution is 2.39. The fraction of sp³-hybridized carbons (Fsp3) is 0.450. The second-order valence-corrected chi connectivity index (χ2v) is 46.6. The highest BCUT2D eigenvalue weighted by molar-refractivity contribution is 6.07. The molecule has 1 aliphatic carbocycles. The molecular formula is C120H161N13. The molecule has 2 atom stereocenters. The summed E-state index contributed by atoms with van der Waals surface area (Å²) in [7, 11) is 0. The number of aromatic amines is 3. The Balaban J connectivity index is 0.000000142. The Hall–Kier alpha value is -10.7. The molecule has 13 nitrogen and oxygen atoms in total. The zero-order valence-corrected chi connectivity index (χ0v) is 86.6. The van der Waals surface area contributed by atoms with Gasteiger partial charge in [-0.3, -0.25) is 34.9 Å². The van der Waals surface area contributed by atoms with Crippen LogP contribution in [0.3, 0.4) is 0 Å². The average Bonchev–Trinajstić information content (AvgIpc) is 1.68. The van der Waals surface area contributed by atoms with Crippen molar-refractivity contribution in [3.63, 3.8) is 0 Å². The first-order valence-electron chi connectivity index (χ1n) is 49.0. The molecule has 5 aliphatic heterocycles. The van der Waals surface area contributed by atoms with E-state index in [1.807, 2.05) is 73.3 Å². The van der Waals surface area contributed by atoms with E-state index < -0.39 is 0 Å². The summed E-state index contributed by atoms with van der Waals surface area (Å²) in [5.74, 6) is 0.859. The Morgan fingerprint density at radius 3 is 1.60 bits per heavy atom. The minimum Gasteiger partial charge on any atom is -0.361 e. The maximum Gasteiger partial charge on any atom is 0.0963 e. The third-order valence-electron chi connectivity index (χ3n) is 26.3. The molecule has 14 aromatic rings. The van der Waals surface area contributed by atoms with E-state index >= 15 is 0 Å². The van der Waals surface area contributed by atoms with Crippen molar-refractivity contribution in [2.24, 2.45) is 37.6 Å². The van der Waals surface area contributed by atoms with Crippen LogP contribution in [-0.2, 0) is 86.5 Å². The number of hydrogen-bond donors (Lipinski definition) is 4. The Kier molecular flexibility index (Phi) is 33.8. The first kappa shape index (κ1) is 103. The summed E-state index contributed by atoms with van der Waals surface area (Å²) < 4.78 is 2.20. The number of rotatable bonds is 1. The van der Waals surface area contributed by atoms with Gasteiger partial charge in [-0.2, -0.15) is 5.10 Å². The second-order valence-electron chi connectivity index (χ2n) is 46.6. The summed E-state index contributed by atoms with van der Waals surface area (Å²) in [6, 6.07) is 79.7. The van der Waals surface area contributed by atoms with Crippen LogP contribution in [-0.4, -0.2) is 91.6 Å². The number of aromatic nitrogens is 8. The number of H-pyrrole nitrogens is 3. The first-order chi connectivity index (χ1) is 62.5. The van der Waals surface area contributed by atoms with Gasteiger partial charge in [0.25, 0.3) is 0 Å². The Morgan fingerprint density at radius 2 is 0.992 bits per heavy atom. The Labute approximate surface area is 800 Å². The van der Waals surface area contributed by atoms with Gasteiger partial charge < -0.3 is 19.9 Å². The molecule has 0 radical (unpaired) electrons. The number of benzene rings is 8. The van der Waals surface area contributed by atoms with Crippen LogP contribution < -0.4 is 5.32 Å². The van der Waals surface area contributed by atoms with Crippen molar-refractivity contribution in [3.05, 3.63) is 328 Å². The van der Waals surface area contributed by atoms with Crippen molar-refractivity contribution in [2.75, 3.05) is 13.1 Å². The van der Waals surface area contributed by atoms with E-state index in [2.05, 4.69) is 442 Å². The molecule has 6 aromatic heterocycles. The summed E-state index contributed by atoms with van der Waals surface area (Å²) in [6.07, 6.45) is 16.2. The number of para-hydroxylation sites is 6. The van der Waals surface area contributed by atoms with Crippen LogP contribution in [0, 0.1) is 27.6 Å². The number of pyridine rings is 2. The summed E-state index contributed by atoms with van der Waals surface area (Å²) in [6.45, 7) is 71.4. The number of fused-ring (bicyclic) bond motifs is 10. The molecule has 0 spiro atoms. The van der Waals surface area contributed by atoms with E-state index in [9.17, 15) is 0 Å². The topological polar surface area (TPSA) is 147 Å². The predicted molar refractivity (Wildman–Crippen MR) is 570 cm³/mol. The van der Waals surface area contributed by atoms with Crippen molar-refractivity contribution in [3.8, 4) is 0 Å². The fourth-order valence-corrected chi connectivity index (χ4v) is 17.8. The van der Waals surface area contributed by atoms with E-state index in [0.717, 1.165) is 81.2 Å². The molecule has 13 heteroatoms. The molecule has 2 unspecified atom stereocenters. The normalized spacial score (nSPS) is 16.0. The van der Waals surface area contributed by atoms with Gasteiger partial charge in [0.15, 0.2) is 0 Å². The minimum absolute atomic E-state index is 0.107. The van der Waals surface area contributed by atoms with Crippen molar-refractivity contribution >= 4 is 60.9 Å². The molecular weight excluding hydrogens is 1620 g/mol. The van der Waals surface area contributed by atoms with Crippen LogP contribution in [0.5, 0.6) is 0 Å². The number of nitrogens with one attached hydrogen (secondary N) is 4. The van der Waals surface area contributed by atoms with Crippen LogP contribution in [0.1, 0.15) is 286 Å². The monoisotopic (exact) mass is 1780 g/mol. The lowest BCUT2D eigenvalue weighted by Crippen LogP contribution is -2.44. The van der Waals surface area contributed by atoms with Gasteiger partial charge in [-0.05, 0) is 220 Å². The van der Waals surface area contributed by atoms with Crippen molar-refractivity contribution in [2.45, 2.75) is 311 Å². The van der Waals surface area contributed by atoms with Gasteiger partial charge in [0.05, 0.1) is 40.8 Å². The van der Waals surface area contributed by atoms with E-state index in [1.54, 1.807) is 11.1 Å². The van der Waals surface area contributed by atoms with Crippen LogP contribution in [0.4, 0.5) is 5.69 Å². The maximum atomic E-state index is 4.64. The number of nitrogens with zero attached hydrogens (tertiary/aromatic N) is 9. The van der Waals surface area contributed by atoms with Crippen LogP contribution in [0.25, 0.3) is 43.7 Å². The lowest BCUT2D eigenvalue weighted by molar-refractivity contribution is 0.118. The van der Waals surface area contributed by atoms with Gasteiger partial charge in [-0.15, -0.1) is 0 Å². The SMILES string of the molecule is CC(C)(C)C1=NCc2ccccc21.CC(C)(C)C1=Nc2ccccc2C1.CC(C)(C)C1CCc2ccccc2C1.CC(C)(C)C1Cc2ccccc2CN1.CC(C)(C)N1CCc2cccnc2C1.CC(C)(C)c1[nH]nc2ccccc12.CC(C)(C)c1c[nH]c2ccccc12.CC(C)(C)c1cc2ccccc2[nH]1.CC(C)(C)n1cnc2ccccc21.CC(C)N1CCc2ncccc2C1. The molecule has 706 valence electrons.